The maximum Gasteiger partial charge on any atom is 0.0726 e. The molecule has 1 N–H and O–H groups in total. The maximum absolute atomic E-state index is 5.85. The number of benzene rings is 1. The van der Waals surface area contributed by atoms with Gasteiger partial charge in [0.05, 0.1) is 12.2 Å². The van der Waals surface area contributed by atoms with E-state index in [0.29, 0.717) is 18.2 Å². The van der Waals surface area contributed by atoms with Crippen molar-refractivity contribution in [1.82, 2.24) is 5.32 Å². The number of hydrogen-bond donors (Lipinski definition) is 1. The van der Waals surface area contributed by atoms with Gasteiger partial charge in [-0.3, -0.25) is 0 Å². The van der Waals surface area contributed by atoms with Gasteiger partial charge in [-0.25, -0.2) is 0 Å². The molecule has 3 atom stereocenters. The molecule has 1 fully saturated rings. The summed E-state index contributed by atoms with van der Waals surface area (Å²) in [7, 11) is 0. The quantitative estimate of drug-likeness (QED) is 0.892. The number of nitrogens with one attached hydrogen (secondary N) is 1. The van der Waals surface area contributed by atoms with Gasteiger partial charge in [-0.1, -0.05) is 25.1 Å². The zero-order valence-corrected chi connectivity index (χ0v) is 13.2. The highest BCUT2D eigenvalue weighted by molar-refractivity contribution is 5.55. The van der Waals surface area contributed by atoms with Crippen LogP contribution < -0.4 is 10.2 Å². The summed E-state index contributed by atoms with van der Waals surface area (Å²) in [5, 5.41) is 3.59. The lowest BCUT2D eigenvalue weighted by molar-refractivity contribution is -0.00528. The minimum Gasteiger partial charge on any atom is -0.372 e. The lowest BCUT2D eigenvalue weighted by Crippen LogP contribution is -2.46. The molecule has 0 amide bonds. The number of morpholine rings is 1. The Morgan fingerprint density at radius 2 is 1.90 bits per heavy atom. The van der Waals surface area contributed by atoms with Gasteiger partial charge in [0.25, 0.3) is 0 Å². The van der Waals surface area contributed by atoms with Gasteiger partial charge >= 0.3 is 0 Å². The molecular weight excluding hydrogens is 248 g/mol. The van der Waals surface area contributed by atoms with Crippen LogP contribution in [0.3, 0.4) is 0 Å². The average molecular weight is 276 g/mol. The highest BCUT2D eigenvalue weighted by Crippen LogP contribution is 2.28. The second-order valence-electron chi connectivity index (χ2n) is 5.90. The van der Waals surface area contributed by atoms with Crippen LogP contribution in [-0.2, 0) is 4.74 Å². The van der Waals surface area contributed by atoms with Crippen LogP contribution in [0.15, 0.2) is 24.3 Å². The topological polar surface area (TPSA) is 24.5 Å². The van der Waals surface area contributed by atoms with Crippen LogP contribution in [0.2, 0.25) is 0 Å². The largest absolute Gasteiger partial charge is 0.372 e. The molecule has 0 saturated carbocycles. The average Bonchev–Trinajstić information content (AvgIpc) is 2.43. The summed E-state index contributed by atoms with van der Waals surface area (Å²) in [5.74, 6) is 0. The van der Waals surface area contributed by atoms with Crippen LogP contribution in [-0.4, -0.2) is 31.8 Å². The summed E-state index contributed by atoms with van der Waals surface area (Å²) in [4.78, 5) is 2.47. The zero-order valence-electron chi connectivity index (χ0n) is 13.2. The number of ether oxygens (including phenoxy) is 1. The summed E-state index contributed by atoms with van der Waals surface area (Å²) < 4.78 is 5.85. The third kappa shape index (κ3) is 3.74. The zero-order chi connectivity index (χ0) is 14.5. The molecule has 1 aromatic rings. The molecule has 1 heterocycles. The highest BCUT2D eigenvalue weighted by atomic mass is 16.5. The Morgan fingerprint density at radius 1 is 1.25 bits per heavy atom. The molecule has 0 spiro atoms. The fourth-order valence-corrected chi connectivity index (χ4v) is 2.99. The first-order valence-electron chi connectivity index (χ1n) is 7.84. The minimum absolute atomic E-state index is 0.297. The number of nitrogens with zero attached hydrogens (tertiary/aromatic N) is 1. The predicted octanol–water partition coefficient (Wildman–Crippen LogP) is 3.36. The van der Waals surface area contributed by atoms with E-state index >= 15 is 0 Å². The van der Waals surface area contributed by atoms with Crippen molar-refractivity contribution in [3.63, 3.8) is 0 Å². The summed E-state index contributed by atoms with van der Waals surface area (Å²) in [6.07, 6.45) is 1.76. The lowest BCUT2D eigenvalue weighted by atomic mass is 10.0. The third-order valence-corrected chi connectivity index (χ3v) is 3.86. The summed E-state index contributed by atoms with van der Waals surface area (Å²) in [5.41, 5.74) is 2.74. The number of para-hydroxylation sites is 1. The predicted molar refractivity (Wildman–Crippen MR) is 85.4 cm³/mol. The van der Waals surface area contributed by atoms with Gasteiger partial charge in [-0.05, 0) is 45.4 Å². The van der Waals surface area contributed by atoms with Gasteiger partial charge < -0.3 is 15.0 Å². The van der Waals surface area contributed by atoms with E-state index in [9.17, 15) is 0 Å². The Labute approximate surface area is 123 Å². The summed E-state index contributed by atoms with van der Waals surface area (Å²) in [6.45, 7) is 11.8. The number of rotatable bonds is 5. The van der Waals surface area contributed by atoms with Crippen molar-refractivity contribution in [2.45, 2.75) is 52.4 Å². The Morgan fingerprint density at radius 3 is 2.55 bits per heavy atom. The molecule has 1 saturated heterocycles. The van der Waals surface area contributed by atoms with Crippen molar-refractivity contribution in [3.8, 4) is 0 Å². The van der Waals surface area contributed by atoms with E-state index in [1.165, 1.54) is 11.3 Å². The first-order chi connectivity index (χ1) is 9.61. The van der Waals surface area contributed by atoms with Gasteiger partial charge in [-0.2, -0.15) is 0 Å². The molecule has 1 unspecified atom stereocenters. The van der Waals surface area contributed by atoms with Gasteiger partial charge in [0.1, 0.15) is 0 Å². The van der Waals surface area contributed by atoms with Gasteiger partial charge in [0, 0.05) is 24.8 Å². The Hall–Kier alpha value is -1.06. The van der Waals surface area contributed by atoms with E-state index < -0.39 is 0 Å². The van der Waals surface area contributed by atoms with Crippen molar-refractivity contribution in [1.29, 1.82) is 0 Å². The van der Waals surface area contributed by atoms with E-state index in [1.807, 2.05) is 0 Å². The smallest absolute Gasteiger partial charge is 0.0726 e. The Bertz CT molecular complexity index is 411. The van der Waals surface area contributed by atoms with Crippen molar-refractivity contribution in [2.24, 2.45) is 0 Å². The van der Waals surface area contributed by atoms with Crippen molar-refractivity contribution in [2.75, 3.05) is 24.5 Å². The molecule has 20 heavy (non-hydrogen) atoms. The Balaban J connectivity index is 2.18. The molecule has 0 aromatic heterocycles. The minimum atomic E-state index is 0.297. The van der Waals surface area contributed by atoms with Crippen LogP contribution in [0.25, 0.3) is 0 Å². The van der Waals surface area contributed by atoms with Crippen molar-refractivity contribution >= 4 is 5.69 Å². The van der Waals surface area contributed by atoms with E-state index in [-0.39, 0.29) is 0 Å². The van der Waals surface area contributed by atoms with Crippen LogP contribution in [0.1, 0.15) is 45.7 Å². The van der Waals surface area contributed by atoms with Crippen molar-refractivity contribution in [3.05, 3.63) is 29.8 Å². The van der Waals surface area contributed by atoms with Crippen LogP contribution >= 0.6 is 0 Å². The van der Waals surface area contributed by atoms with Crippen LogP contribution in [0.5, 0.6) is 0 Å². The highest BCUT2D eigenvalue weighted by Gasteiger charge is 2.24. The van der Waals surface area contributed by atoms with Gasteiger partial charge in [-0.15, -0.1) is 0 Å². The molecule has 1 aliphatic rings. The van der Waals surface area contributed by atoms with Crippen LogP contribution in [0.4, 0.5) is 5.69 Å². The molecule has 2 rings (SSSR count). The number of anilines is 1. The molecule has 0 radical (unpaired) electrons. The van der Waals surface area contributed by atoms with E-state index in [1.54, 1.807) is 0 Å². The fourth-order valence-electron chi connectivity index (χ4n) is 2.99. The van der Waals surface area contributed by atoms with Crippen molar-refractivity contribution < 1.29 is 4.74 Å². The molecule has 0 aliphatic carbocycles. The standard InChI is InChI=1S/C17H28N2O/c1-5-10-18-15(4)16-8-6-7-9-17(16)19-11-13(2)20-14(3)12-19/h6-9,13-15,18H,5,10-12H2,1-4H3/t13-,14+,15?. The number of hydrogen-bond acceptors (Lipinski definition) is 3. The second kappa shape index (κ2) is 7.09. The van der Waals surface area contributed by atoms with Gasteiger partial charge in [0.2, 0.25) is 0 Å². The first kappa shape index (κ1) is 15.3. The molecule has 1 aromatic carbocycles. The summed E-state index contributed by atoms with van der Waals surface area (Å²) in [6, 6.07) is 9.14. The third-order valence-electron chi connectivity index (χ3n) is 3.86. The Kier molecular flexibility index (Phi) is 5.44. The van der Waals surface area contributed by atoms with E-state index in [4.69, 9.17) is 4.74 Å². The molecule has 3 heteroatoms. The molecular formula is C17H28N2O. The normalized spacial score (nSPS) is 24.7. The SMILES string of the molecule is CCCNC(C)c1ccccc1N1C[C@@H](C)O[C@@H](C)C1. The van der Waals surface area contributed by atoms with E-state index in [2.05, 4.69) is 62.2 Å². The van der Waals surface area contributed by atoms with Crippen LogP contribution in [0, 0.1) is 0 Å². The molecule has 0 bridgehead atoms. The maximum atomic E-state index is 5.85. The molecule has 112 valence electrons. The molecule has 3 nitrogen and oxygen atoms in total. The lowest BCUT2D eigenvalue weighted by Gasteiger charge is -2.38. The van der Waals surface area contributed by atoms with Gasteiger partial charge in [0.15, 0.2) is 0 Å². The second-order valence-corrected chi connectivity index (χ2v) is 5.90. The summed E-state index contributed by atoms with van der Waals surface area (Å²) >= 11 is 0. The fraction of sp³-hybridized carbons (Fsp3) is 0.647. The monoisotopic (exact) mass is 276 g/mol. The first-order valence-corrected chi connectivity index (χ1v) is 7.84. The molecule has 1 aliphatic heterocycles. The van der Waals surface area contributed by atoms with E-state index in [0.717, 1.165) is 26.1 Å².